The lowest BCUT2D eigenvalue weighted by Gasteiger charge is -2.12. The first kappa shape index (κ1) is 14.2. The maximum atomic E-state index is 5.53. The predicted octanol–water partition coefficient (Wildman–Crippen LogP) is 0.000900. The summed E-state index contributed by atoms with van der Waals surface area (Å²) in [5.74, 6) is 6.01. The topological polar surface area (TPSA) is 80.9 Å². The van der Waals surface area contributed by atoms with Crippen LogP contribution in [0.5, 0.6) is 0 Å². The average Bonchev–Trinajstić information content (AvgIpc) is 2.85. The lowest BCUT2D eigenvalue weighted by Crippen LogP contribution is -2.42. The Kier molecular flexibility index (Phi) is 7.70. The monoisotopic (exact) mass is 244 g/mol. The van der Waals surface area contributed by atoms with Gasteiger partial charge in [0.2, 0.25) is 5.96 Å². The smallest absolute Gasteiger partial charge is 0.205 e. The third kappa shape index (κ3) is 6.45. The molecule has 6 nitrogen and oxygen atoms in total. The van der Waals surface area contributed by atoms with Crippen molar-refractivity contribution in [1.29, 1.82) is 0 Å². The number of ether oxygens (including phenoxy) is 2. The van der Waals surface area contributed by atoms with Crippen molar-refractivity contribution in [2.75, 3.05) is 33.4 Å². The molecule has 0 aromatic rings. The summed E-state index contributed by atoms with van der Waals surface area (Å²) >= 11 is 0. The van der Waals surface area contributed by atoms with Gasteiger partial charge in [-0.1, -0.05) is 0 Å². The number of nitrogens with two attached hydrogens (primary N) is 1. The van der Waals surface area contributed by atoms with Crippen LogP contribution in [0.1, 0.15) is 25.7 Å². The molecule has 100 valence electrons. The fourth-order valence-electron chi connectivity index (χ4n) is 1.78. The number of guanidine groups is 1. The molecule has 1 aliphatic heterocycles. The highest BCUT2D eigenvalue weighted by atomic mass is 16.5. The van der Waals surface area contributed by atoms with E-state index in [0.717, 1.165) is 39.0 Å². The summed E-state index contributed by atoms with van der Waals surface area (Å²) < 4.78 is 10.5. The molecule has 1 fully saturated rings. The van der Waals surface area contributed by atoms with Crippen molar-refractivity contribution < 1.29 is 9.47 Å². The van der Waals surface area contributed by atoms with Gasteiger partial charge in [-0.05, 0) is 25.7 Å². The summed E-state index contributed by atoms with van der Waals surface area (Å²) in [5.41, 5.74) is 2.56. The molecule has 17 heavy (non-hydrogen) atoms. The van der Waals surface area contributed by atoms with Crippen molar-refractivity contribution in [3.8, 4) is 0 Å². The molecule has 4 N–H and O–H groups in total. The number of methoxy groups -OCH3 is 1. The predicted molar refractivity (Wildman–Crippen MR) is 67.7 cm³/mol. The molecule has 1 saturated heterocycles. The van der Waals surface area contributed by atoms with Gasteiger partial charge in [-0.25, -0.2) is 5.84 Å². The van der Waals surface area contributed by atoms with E-state index in [9.17, 15) is 0 Å². The summed E-state index contributed by atoms with van der Waals surface area (Å²) in [6.45, 7) is 3.16. The van der Waals surface area contributed by atoms with Gasteiger partial charge in [0.15, 0.2) is 0 Å². The number of hydrazine groups is 1. The van der Waals surface area contributed by atoms with E-state index in [0.29, 0.717) is 18.6 Å². The lowest BCUT2D eigenvalue weighted by molar-refractivity contribution is 0.105. The molecule has 0 bridgehead atoms. The van der Waals surface area contributed by atoms with Crippen LogP contribution in [0, 0.1) is 0 Å². The van der Waals surface area contributed by atoms with Crippen molar-refractivity contribution >= 4 is 5.96 Å². The number of hydrogen-bond acceptors (Lipinski definition) is 4. The van der Waals surface area contributed by atoms with Crippen LogP contribution in [0.25, 0.3) is 0 Å². The Hall–Kier alpha value is -0.850. The highest BCUT2D eigenvalue weighted by molar-refractivity contribution is 5.79. The van der Waals surface area contributed by atoms with Crippen molar-refractivity contribution in [1.82, 2.24) is 10.7 Å². The third-order valence-corrected chi connectivity index (χ3v) is 2.70. The number of rotatable bonds is 7. The van der Waals surface area contributed by atoms with Gasteiger partial charge >= 0.3 is 0 Å². The second-order valence-corrected chi connectivity index (χ2v) is 4.07. The average molecular weight is 244 g/mol. The summed E-state index contributed by atoms with van der Waals surface area (Å²) in [5, 5.41) is 3.17. The molecular weight excluding hydrogens is 220 g/mol. The fraction of sp³-hybridized carbons (Fsp3) is 0.909. The number of nitrogens with zero attached hydrogens (tertiary/aromatic N) is 1. The molecular formula is C11H24N4O2. The first-order chi connectivity index (χ1) is 8.36. The Morgan fingerprint density at radius 1 is 1.59 bits per heavy atom. The van der Waals surface area contributed by atoms with E-state index >= 15 is 0 Å². The Bertz CT molecular complexity index is 218. The maximum absolute atomic E-state index is 5.53. The van der Waals surface area contributed by atoms with Gasteiger partial charge in [-0.15, -0.1) is 0 Å². The summed E-state index contributed by atoms with van der Waals surface area (Å²) in [6.07, 6.45) is 4.64. The minimum Gasteiger partial charge on any atom is -0.385 e. The Morgan fingerprint density at radius 3 is 3.12 bits per heavy atom. The van der Waals surface area contributed by atoms with Crippen molar-refractivity contribution in [2.45, 2.75) is 31.8 Å². The number of aliphatic imine (C=N–C) groups is 1. The molecule has 0 spiro atoms. The molecule has 0 aromatic heterocycles. The van der Waals surface area contributed by atoms with Crippen molar-refractivity contribution in [3.63, 3.8) is 0 Å². The van der Waals surface area contributed by atoms with E-state index < -0.39 is 0 Å². The van der Waals surface area contributed by atoms with E-state index in [-0.39, 0.29) is 0 Å². The van der Waals surface area contributed by atoms with Crippen LogP contribution in [0.3, 0.4) is 0 Å². The van der Waals surface area contributed by atoms with Crippen LogP contribution in [-0.2, 0) is 9.47 Å². The SMILES string of the molecule is COCCCN=C(NN)NCCC1CCCO1. The minimum absolute atomic E-state index is 0.398. The molecule has 6 heteroatoms. The van der Waals surface area contributed by atoms with Gasteiger partial charge in [-0.2, -0.15) is 0 Å². The third-order valence-electron chi connectivity index (χ3n) is 2.70. The lowest BCUT2D eigenvalue weighted by atomic mass is 10.2. The Morgan fingerprint density at radius 2 is 2.47 bits per heavy atom. The largest absolute Gasteiger partial charge is 0.385 e. The first-order valence-corrected chi connectivity index (χ1v) is 6.22. The summed E-state index contributed by atoms with van der Waals surface area (Å²) in [4.78, 5) is 4.29. The van der Waals surface area contributed by atoms with Crippen LogP contribution in [0.4, 0.5) is 0 Å². The minimum atomic E-state index is 0.398. The molecule has 1 rings (SSSR count). The molecule has 1 unspecified atom stereocenters. The van der Waals surface area contributed by atoms with Crippen molar-refractivity contribution in [3.05, 3.63) is 0 Å². The molecule has 0 aliphatic carbocycles. The van der Waals surface area contributed by atoms with Crippen LogP contribution in [0.15, 0.2) is 4.99 Å². The van der Waals surface area contributed by atoms with Crippen LogP contribution in [-0.4, -0.2) is 45.5 Å². The second-order valence-electron chi connectivity index (χ2n) is 4.07. The van der Waals surface area contributed by atoms with E-state index in [1.54, 1.807) is 7.11 Å². The van der Waals surface area contributed by atoms with E-state index in [2.05, 4.69) is 15.7 Å². The summed E-state index contributed by atoms with van der Waals surface area (Å²) in [7, 11) is 1.69. The Balaban J connectivity index is 2.08. The van der Waals surface area contributed by atoms with Gasteiger partial charge in [0.1, 0.15) is 0 Å². The van der Waals surface area contributed by atoms with E-state index in [1.807, 2.05) is 0 Å². The number of hydrogen-bond donors (Lipinski definition) is 3. The zero-order valence-electron chi connectivity index (χ0n) is 10.6. The second kappa shape index (κ2) is 9.21. The van der Waals surface area contributed by atoms with Crippen LogP contribution < -0.4 is 16.6 Å². The quantitative estimate of drug-likeness (QED) is 0.193. The van der Waals surface area contributed by atoms with Crippen molar-refractivity contribution in [2.24, 2.45) is 10.8 Å². The molecule has 0 radical (unpaired) electrons. The normalized spacial score (nSPS) is 20.6. The van der Waals surface area contributed by atoms with Gasteiger partial charge in [0.25, 0.3) is 0 Å². The van der Waals surface area contributed by atoms with Crippen LogP contribution >= 0.6 is 0 Å². The number of nitrogens with one attached hydrogen (secondary N) is 2. The standard InChI is InChI=1S/C11H24N4O2/c1-16-8-3-6-13-11(15-12)14-7-5-10-4-2-9-17-10/h10H,2-9,12H2,1H3,(H2,13,14,15). The van der Waals surface area contributed by atoms with E-state index in [4.69, 9.17) is 15.3 Å². The van der Waals surface area contributed by atoms with Gasteiger partial charge in [-0.3, -0.25) is 10.4 Å². The molecule has 0 aromatic carbocycles. The van der Waals surface area contributed by atoms with Crippen LogP contribution in [0.2, 0.25) is 0 Å². The van der Waals surface area contributed by atoms with Gasteiger partial charge in [0, 0.05) is 33.4 Å². The fourth-order valence-corrected chi connectivity index (χ4v) is 1.78. The van der Waals surface area contributed by atoms with E-state index in [1.165, 1.54) is 6.42 Å². The van der Waals surface area contributed by atoms with Gasteiger partial charge < -0.3 is 14.8 Å². The Labute approximate surface area is 103 Å². The first-order valence-electron chi connectivity index (χ1n) is 6.22. The maximum Gasteiger partial charge on any atom is 0.205 e. The van der Waals surface area contributed by atoms with Gasteiger partial charge in [0.05, 0.1) is 6.10 Å². The molecule has 0 saturated carbocycles. The zero-order chi connectivity index (χ0) is 12.3. The summed E-state index contributed by atoms with van der Waals surface area (Å²) in [6, 6.07) is 0. The molecule has 0 amide bonds. The molecule has 1 aliphatic rings. The molecule has 1 atom stereocenters. The zero-order valence-corrected chi connectivity index (χ0v) is 10.6. The highest BCUT2D eigenvalue weighted by Crippen LogP contribution is 2.14. The highest BCUT2D eigenvalue weighted by Gasteiger charge is 2.14. The molecule has 1 heterocycles.